The van der Waals surface area contributed by atoms with E-state index in [1.807, 2.05) is 49.4 Å². The number of anilines is 1. The quantitative estimate of drug-likeness (QED) is 0.540. The number of nitrogens with one attached hydrogen (secondary N) is 3. The molecule has 2 aromatic heterocycles. The molecule has 0 saturated heterocycles. The van der Waals surface area contributed by atoms with Gasteiger partial charge in [-0.1, -0.05) is 30.3 Å². The van der Waals surface area contributed by atoms with Crippen molar-refractivity contribution in [2.75, 3.05) is 5.32 Å². The molecule has 0 unspecified atom stereocenters. The third-order valence-corrected chi connectivity index (χ3v) is 3.89. The number of para-hydroxylation sites is 2. The molecule has 0 spiro atoms. The maximum Gasteiger partial charge on any atom is 0.256 e. The van der Waals surface area contributed by atoms with Crippen molar-refractivity contribution in [3.8, 4) is 11.5 Å². The van der Waals surface area contributed by atoms with Crippen molar-refractivity contribution in [2.24, 2.45) is 0 Å². The maximum absolute atomic E-state index is 12.5. The molecule has 0 fully saturated rings. The number of carbonyl (C=O) groups is 1. The number of aromatic nitrogens is 4. The summed E-state index contributed by atoms with van der Waals surface area (Å²) in [5, 5.41) is 9.90. The van der Waals surface area contributed by atoms with Gasteiger partial charge in [0.25, 0.3) is 5.91 Å². The average Bonchev–Trinajstić information content (AvgIpc) is 3.21. The van der Waals surface area contributed by atoms with Gasteiger partial charge in [-0.15, -0.1) is 0 Å². The van der Waals surface area contributed by atoms with Crippen LogP contribution in [0.15, 0.2) is 54.7 Å². The molecule has 4 aromatic rings. The van der Waals surface area contributed by atoms with Gasteiger partial charge in [-0.05, 0) is 30.7 Å². The number of rotatable bonds is 3. The van der Waals surface area contributed by atoms with Gasteiger partial charge in [0.05, 0.1) is 16.7 Å². The van der Waals surface area contributed by atoms with E-state index < -0.39 is 0 Å². The third-order valence-electron chi connectivity index (χ3n) is 3.89. The third kappa shape index (κ3) is 2.44. The first kappa shape index (κ1) is 14.2. The SMILES string of the molecule is Cc1ccccc1C(=O)Nc1c[nH]nc1-c1nc2ccccc2[nH]1. The molecule has 0 aliphatic rings. The van der Waals surface area contributed by atoms with Crippen LogP contribution in [-0.4, -0.2) is 26.1 Å². The Kier molecular flexibility index (Phi) is 3.35. The van der Waals surface area contributed by atoms with Gasteiger partial charge in [-0.25, -0.2) is 4.98 Å². The number of imidazole rings is 1. The average molecular weight is 317 g/mol. The second-order valence-corrected chi connectivity index (χ2v) is 5.52. The van der Waals surface area contributed by atoms with Crippen molar-refractivity contribution in [2.45, 2.75) is 6.92 Å². The molecule has 118 valence electrons. The molecular formula is C18H15N5O. The molecule has 0 aliphatic carbocycles. The first-order valence-corrected chi connectivity index (χ1v) is 7.58. The zero-order valence-electron chi connectivity index (χ0n) is 13.0. The predicted octanol–water partition coefficient (Wildman–Crippen LogP) is 3.51. The first-order valence-electron chi connectivity index (χ1n) is 7.58. The summed E-state index contributed by atoms with van der Waals surface area (Å²) < 4.78 is 0. The minimum Gasteiger partial charge on any atom is -0.337 e. The Morgan fingerprint density at radius 2 is 1.88 bits per heavy atom. The largest absolute Gasteiger partial charge is 0.337 e. The van der Waals surface area contributed by atoms with Gasteiger partial charge < -0.3 is 10.3 Å². The minimum atomic E-state index is -0.174. The monoisotopic (exact) mass is 317 g/mol. The van der Waals surface area contributed by atoms with E-state index in [2.05, 4.69) is 25.5 Å². The van der Waals surface area contributed by atoms with E-state index >= 15 is 0 Å². The Morgan fingerprint density at radius 3 is 2.71 bits per heavy atom. The molecule has 0 bridgehead atoms. The summed E-state index contributed by atoms with van der Waals surface area (Å²) in [5.41, 5.74) is 4.49. The summed E-state index contributed by atoms with van der Waals surface area (Å²) in [5.74, 6) is 0.435. The van der Waals surface area contributed by atoms with Crippen LogP contribution in [0.5, 0.6) is 0 Å². The van der Waals surface area contributed by atoms with E-state index in [4.69, 9.17) is 0 Å². The molecule has 24 heavy (non-hydrogen) atoms. The number of H-pyrrole nitrogens is 2. The molecule has 2 heterocycles. The molecule has 0 radical (unpaired) electrons. The summed E-state index contributed by atoms with van der Waals surface area (Å²) in [7, 11) is 0. The Balaban J connectivity index is 1.68. The van der Waals surface area contributed by atoms with Crippen molar-refractivity contribution in [3.05, 3.63) is 65.9 Å². The summed E-state index contributed by atoms with van der Waals surface area (Å²) in [6, 6.07) is 15.2. The lowest BCUT2D eigenvalue weighted by Gasteiger charge is -2.06. The number of benzene rings is 2. The summed E-state index contributed by atoms with van der Waals surface area (Å²) >= 11 is 0. The number of fused-ring (bicyclic) bond motifs is 1. The Hall–Kier alpha value is -3.41. The van der Waals surface area contributed by atoms with Crippen LogP contribution in [0.4, 0.5) is 5.69 Å². The highest BCUT2D eigenvalue weighted by atomic mass is 16.1. The van der Waals surface area contributed by atoms with Gasteiger partial charge in [-0.3, -0.25) is 9.89 Å². The van der Waals surface area contributed by atoms with Crippen LogP contribution in [0.2, 0.25) is 0 Å². The predicted molar refractivity (Wildman–Crippen MR) is 92.8 cm³/mol. The lowest BCUT2D eigenvalue weighted by Crippen LogP contribution is -2.13. The highest BCUT2D eigenvalue weighted by Crippen LogP contribution is 2.25. The zero-order chi connectivity index (χ0) is 16.5. The molecule has 0 aliphatic heterocycles. The van der Waals surface area contributed by atoms with E-state index in [1.54, 1.807) is 12.3 Å². The van der Waals surface area contributed by atoms with E-state index in [1.165, 1.54) is 0 Å². The molecule has 1 amide bonds. The van der Waals surface area contributed by atoms with Crippen LogP contribution < -0.4 is 5.32 Å². The van der Waals surface area contributed by atoms with Crippen LogP contribution in [0.1, 0.15) is 15.9 Å². The van der Waals surface area contributed by atoms with Crippen molar-refractivity contribution in [1.82, 2.24) is 20.2 Å². The van der Waals surface area contributed by atoms with Gasteiger partial charge in [0.15, 0.2) is 11.5 Å². The van der Waals surface area contributed by atoms with E-state index in [0.29, 0.717) is 22.8 Å². The normalized spacial score (nSPS) is 10.9. The van der Waals surface area contributed by atoms with Gasteiger partial charge >= 0.3 is 0 Å². The van der Waals surface area contributed by atoms with Gasteiger partial charge in [0.1, 0.15) is 0 Å². The molecule has 4 rings (SSSR count). The fourth-order valence-electron chi connectivity index (χ4n) is 2.65. The summed E-state index contributed by atoms with van der Waals surface area (Å²) in [6.07, 6.45) is 1.65. The Labute approximate surface area is 137 Å². The van der Waals surface area contributed by atoms with E-state index in [0.717, 1.165) is 16.6 Å². The zero-order valence-corrected chi connectivity index (χ0v) is 13.0. The first-order chi connectivity index (χ1) is 11.7. The highest BCUT2D eigenvalue weighted by molar-refractivity contribution is 6.06. The van der Waals surface area contributed by atoms with Crippen LogP contribution in [0.3, 0.4) is 0 Å². The van der Waals surface area contributed by atoms with Crippen LogP contribution in [-0.2, 0) is 0 Å². The molecule has 0 saturated carbocycles. The van der Waals surface area contributed by atoms with Gasteiger partial charge in [0.2, 0.25) is 0 Å². The maximum atomic E-state index is 12.5. The van der Waals surface area contributed by atoms with Crippen LogP contribution >= 0.6 is 0 Å². The lowest BCUT2D eigenvalue weighted by molar-refractivity contribution is 0.102. The number of amides is 1. The van der Waals surface area contributed by atoms with Crippen molar-refractivity contribution in [3.63, 3.8) is 0 Å². The Bertz CT molecular complexity index is 998. The van der Waals surface area contributed by atoms with Crippen LogP contribution in [0.25, 0.3) is 22.6 Å². The summed E-state index contributed by atoms with van der Waals surface area (Å²) in [6.45, 7) is 1.91. The van der Waals surface area contributed by atoms with Crippen LogP contribution in [0, 0.1) is 6.92 Å². The van der Waals surface area contributed by atoms with E-state index in [-0.39, 0.29) is 5.91 Å². The topological polar surface area (TPSA) is 86.5 Å². The van der Waals surface area contributed by atoms with Gasteiger partial charge in [-0.2, -0.15) is 5.10 Å². The molecule has 3 N–H and O–H groups in total. The fraction of sp³-hybridized carbons (Fsp3) is 0.0556. The molecule has 6 heteroatoms. The number of hydrogen-bond donors (Lipinski definition) is 3. The standard InChI is InChI=1S/C18H15N5O/c1-11-6-2-3-7-12(11)18(24)22-15-10-19-23-16(15)17-20-13-8-4-5-9-14(13)21-17/h2-10H,1H3,(H,19,23)(H,20,21)(H,22,24). The highest BCUT2D eigenvalue weighted by Gasteiger charge is 2.16. The van der Waals surface area contributed by atoms with Crippen molar-refractivity contribution < 1.29 is 4.79 Å². The smallest absolute Gasteiger partial charge is 0.256 e. The number of carbonyl (C=O) groups excluding carboxylic acids is 1. The minimum absolute atomic E-state index is 0.174. The fourth-order valence-corrected chi connectivity index (χ4v) is 2.65. The summed E-state index contributed by atoms with van der Waals surface area (Å²) in [4.78, 5) is 20.2. The number of hydrogen-bond acceptors (Lipinski definition) is 3. The second kappa shape index (κ2) is 5.66. The molecular weight excluding hydrogens is 302 g/mol. The number of nitrogens with zero attached hydrogens (tertiary/aromatic N) is 2. The second-order valence-electron chi connectivity index (χ2n) is 5.52. The molecule has 2 aromatic carbocycles. The Morgan fingerprint density at radius 1 is 1.08 bits per heavy atom. The van der Waals surface area contributed by atoms with Crippen molar-refractivity contribution >= 4 is 22.6 Å². The van der Waals surface area contributed by atoms with E-state index in [9.17, 15) is 4.79 Å². The lowest BCUT2D eigenvalue weighted by atomic mass is 10.1. The number of aromatic amines is 2. The van der Waals surface area contributed by atoms with Gasteiger partial charge in [0, 0.05) is 11.8 Å². The molecule has 6 nitrogen and oxygen atoms in total. The van der Waals surface area contributed by atoms with Crippen molar-refractivity contribution in [1.29, 1.82) is 0 Å². The number of aryl methyl sites for hydroxylation is 1. The molecule has 0 atom stereocenters.